The van der Waals surface area contributed by atoms with E-state index >= 15 is 0 Å². The summed E-state index contributed by atoms with van der Waals surface area (Å²) in [7, 11) is 2.12. The van der Waals surface area contributed by atoms with E-state index in [1.807, 2.05) is 0 Å². The third-order valence-corrected chi connectivity index (χ3v) is 4.79. The summed E-state index contributed by atoms with van der Waals surface area (Å²) in [4.78, 5) is 2.68. The molecule has 3 heteroatoms. The first-order chi connectivity index (χ1) is 8.63. The Hall–Kier alpha value is -0.120. The molecular weight excluding hydrogens is 224 g/mol. The van der Waals surface area contributed by atoms with Crippen LogP contribution in [-0.4, -0.2) is 49.3 Å². The molecule has 0 radical (unpaired) electrons. The van der Waals surface area contributed by atoms with Crippen molar-refractivity contribution in [1.82, 2.24) is 10.2 Å². The van der Waals surface area contributed by atoms with E-state index in [0.29, 0.717) is 24.3 Å². The van der Waals surface area contributed by atoms with Crippen LogP contribution in [0.2, 0.25) is 0 Å². The van der Waals surface area contributed by atoms with Gasteiger partial charge in [-0.25, -0.2) is 0 Å². The summed E-state index contributed by atoms with van der Waals surface area (Å²) in [5.41, 5.74) is 0. The SMILES string of the molecule is CCC1CCC(NC)C(N2C[C@@H](C)O[C@@H](C)C2)C1. The van der Waals surface area contributed by atoms with Gasteiger partial charge in [0, 0.05) is 25.2 Å². The highest BCUT2D eigenvalue weighted by Crippen LogP contribution is 2.31. The molecule has 1 aliphatic heterocycles. The predicted octanol–water partition coefficient (Wildman–Crippen LogP) is 2.26. The molecule has 2 rings (SSSR count). The molecule has 1 N–H and O–H groups in total. The average Bonchev–Trinajstić information content (AvgIpc) is 2.36. The smallest absolute Gasteiger partial charge is 0.0678 e. The second-order valence-electron chi connectivity index (χ2n) is 6.26. The van der Waals surface area contributed by atoms with Crippen molar-refractivity contribution in [2.75, 3.05) is 20.1 Å². The summed E-state index contributed by atoms with van der Waals surface area (Å²) in [5, 5.41) is 3.54. The van der Waals surface area contributed by atoms with E-state index in [0.717, 1.165) is 19.0 Å². The number of rotatable bonds is 3. The summed E-state index contributed by atoms with van der Waals surface area (Å²) in [6.45, 7) is 8.95. The molecule has 18 heavy (non-hydrogen) atoms. The minimum absolute atomic E-state index is 0.383. The topological polar surface area (TPSA) is 24.5 Å². The summed E-state index contributed by atoms with van der Waals surface area (Å²) in [6.07, 6.45) is 6.19. The number of morpholine rings is 1. The number of hydrogen-bond donors (Lipinski definition) is 1. The molecule has 1 heterocycles. The zero-order valence-corrected chi connectivity index (χ0v) is 12.5. The number of nitrogens with one attached hydrogen (secondary N) is 1. The van der Waals surface area contributed by atoms with Crippen molar-refractivity contribution >= 4 is 0 Å². The fraction of sp³-hybridized carbons (Fsp3) is 1.00. The molecular formula is C15H30N2O. The Morgan fingerprint density at radius 1 is 1.17 bits per heavy atom. The van der Waals surface area contributed by atoms with Gasteiger partial charge in [-0.3, -0.25) is 4.90 Å². The molecule has 106 valence electrons. The van der Waals surface area contributed by atoms with Gasteiger partial charge in [0.25, 0.3) is 0 Å². The van der Waals surface area contributed by atoms with Crippen molar-refractivity contribution in [3.8, 4) is 0 Å². The van der Waals surface area contributed by atoms with Gasteiger partial charge in [0.1, 0.15) is 0 Å². The fourth-order valence-electron chi connectivity index (χ4n) is 3.83. The maximum Gasteiger partial charge on any atom is 0.0678 e. The highest BCUT2D eigenvalue weighted by molar-refractivity contribution is 4.92. The van der Waals surface area contributed by atoms with Gasteiger partial charge < -0.3 is 10.1 Å². The number of ether oxygens (including phenoxy) is 1. The van der Waals surface area contributed by atoms with Crippen LogP contribution in [0.15, 0.2) is 0 Å². The molecule has 0 spiro atoms. The van der Waals surface area contributed by atoms with E-state index in [-0.39, 0.29) is 0 Å². The first kappa shape index (κ1) is 14.3. The van der Waals surface area contributed by atoms with Crippen LogP contribution < -0.4 is 5.32 Å². The van der Waals surface area contributed by atoms with Crippen molar-refractivity contribution < 1.29 is 4.74 Å². The minimum atomic E-state index is 0.383. The van der Waals surface area contributed by atoms with Crippen LogP contribution >= 0.6 is 0 Å². The lowest BCUT2D eigenvalue weighted by molar-refractivity contribution is -0.0902. The summed E-state index contributed by atoms with van der Waals surface area (Å²) < 4.78 is 5.87. The molecule has 2 aliphatic rings. The lowest BCUT2D eigenvalue weighted by atomic mass is 9.80. The minimum Gasteiger partial charge on any atom is -0.373 e. The Morgan fingerprint density at radius 2 is 1.83 bits per heavy atom. The molecule has 5 atom stereocenters. The molecule has 1 saturated carbocycles. The lowest BCUT2D eigenvalue weighted by Gasteiger charge is -2.46. The van der Waals surface area contributed by atoms with Crippen molar-refractivity contribution in [2.24, 2.45) is 5.92 Å². The Bertz CT molecular complexity index is 249. The maximum atomic E-state index is 5.87. The first-order valence-electron chi connectivity index (χ1n) is 7.70. The van der Waals surface area contributed by atoms with E-state index in [1.54, 1.807) is 0 Å². The molecule has 0 aromatic heterocycles. The van der Waals surface area contributed by atoms with E-state index in [2.05, 4.69) is 38.0 Å². The normalized spacial score (nSPS) is 43.0. The number of nitrogens with zero attached hydrogens (tertiary/aromatic N) is 1. The highest BCUT2D eigenvalue weighted by Gasteiger charge is 2.36. The number of hydrogen-bond acceptors (Lipinski definition) is 3. The van der Waals surface area contributed by atoms with Crippen molar-refractivity contribution in [2.45, 2.75) is 70.7 Å². The molecule has 2 fully saturated rings. The van der Waals surface area contributed by atoms with Gasteiger partial charge in [-0.1, -0.05) is 13.3 Å². The standard InChI is InChI=1S/C15H30N2O/c1-5-13-6-7-14(16-4)15(8-13)17-9-11(2)18-12(3)10-17/h11-16H,5-10H2,1-4H3/t11-,12+,13?,14?,15?. The van der Waals surface area contributed by atoms with Gasteiger partial charge in [0.05, 0.1) is 12.2 Å². The van der Waals surface area contributed by atoms with E-state index in [9.17, 15) is 0 Å². The quantitative estimate of drug-likeness (QED) is 0.836. The van der Waals surface area contributed by atoms with Crippen molar-refractivity contribution in [3.05, 3.63) is 0 Å². The predicted molar refractivity (Wildman–Crippen MR) is 75.8 cm³/mol. The Balaban J connectivity index is 2.02. The second kappa shape index (κ2) is 6.36. The Labute approximate surface area is 112 Å². The molecule has 0 aromatic carbocycles. The monoisotopic (exact) mass is 254 g/mol. The van der Waals surface area contributed by atoms with Gasteiger partial charge in [-0.2, -0.15) is 0 Å². The summed E-state index contributed by atoms with van der Waals surface area (Å²) in [6, 6.07) is 1.38. The van der Waals surface area contributed by atoms with Crippen LogP contribution in [0.3, 0.4) is 0 Å². The van der Waals surface area contributed by atoms with Crippen LogP contribution in [0.25, 0.3) is 0 Å². The van der Waals surface area contributed by atoms with Gasteiger partial charge in [0.15, 0.2) is 0 Å². The van der Waals surface area contributed by atoms with E-state index in [1.165, 1.54) is 25.7 Å². The molecule has 0 bridgehead atoms. The molecule has 0 amide bonds. The van der Waals surface area contributed by atoms with Gasteiger partial charge in [0.2, 0.25) is 0 Å². The summed E-state index contributed by atoms with van der Waals surface area (Å²) >= 11 is 0. The molecule has 1 aliphatic carbocycles. The Morgan fingerprint density at radius 3 is 2.39 bits per heavy atom. The van der Waals surface area contributed by atoms with Crippen LogP contribution in [0.4, 0.5) is 0 Å². The Kier molecular flexibility index (Phi) is 5.05. The van der Waals surface area contributed by atoms with Crippen LogP contribution in [0, 0.1) is 5.92 Å². The number of likely N-dealkylation sites (N-methyl/N-ethyl adjacent to an activating group) is 1. The molecule has 3 unspecified atom stereocenters. The van der Waals surface area contributed by atoms with E-state index < -0.39 is 0 Å². The average molecular weight is 254 g/mol. The van der Waals surface area contributed by atoms with Gasteiger partial charge >= 0.3 is 0 Å². The van der Waals surface area contributed by atoms with Gasteiger partial charge in [-0.15, -0.1) is 0 Å². The fourth-order valence-corrected chi connectivity index (χ4v) is 3.83. The third-order valence-electron chi connectivity index (χ3n) is 4.79. The van der Waals surface area contributed by atoms with Crippen LogP contribution in [0.1, 0.15) is 46.5 Å². The first-order valence-corrected chi connectivity index (χ1v) is 7.70. The zero-order chi connectivity index (χ0) is 13.1. The van der Waals surface area contributed by atoms with Crippen molar-refractivity contribution in [3.63, 3.8) is 0 Å². The molecule has 3 nitrogen and oxygen atoms in total. The lowest BCUT2D eigenvalue weighted by Crippen LogP contribution is -2.58. The maximum absolute atomic E-state index is 5.87. The summed E-state index contributed by atoms with van der Waals surface area (Å²) in [5.74, 6) is 0.924. The molecule has 1 saturated heterocycles. The van der Waals surface area contributed by atoms with Crippen LogP contribution in [-0.2, 0) is 4.74 Å². The van der Waals surface area contributed by atoms with Crippen molar-refractivity contribution in [1.29, 1.82) is 0 Å². The largest absolute Gasteiger partial charge is 0.373 e. The van der Waals surface area contributed by atoms with Gasteiger partial charge in [-0.05, 0) is 46.1 Å². The third kappa shape index (κ3) is 3.25. The highest BCUT2D eigenvalue weighted by atomic mass is 16.5. The zero-order valence-electron chi connectivity index (χ0n) is 12.5. The van der Waals surface area contributed by atoms with E-state index in [4.69, 9.17) is 4.74 Å². The van der Waals surface area contributed by atoms with Crippen LogP contribution in [0.5, 0.6) is 0 Å². The second-order valence-corrected chi connectivity index (χ2v) is 6.26. The molecule has 0 aromatic rings.